The highest BCUT2D eigenvalue weighted by Crippen LogP contribution is 2.26. The monoisotopic (exact) mass is 349 g/mol. The fourth-order valence-corrected chi connectivity index (χ4v) is 3.08. The molecule has 0 bridgehead atoms. The van der Waals surface area contributed by atoms with E-state index in [1.54, 1.807) is 6.07 Å². The maximum absolute atomic E-state index is 12.4. The Morgan fingerprint density at radius 1 is 1.17 bits per heavy atom. The lowest BCUT2D eigenvalue weighted by Gasteiger charge is -2.16. The molecule has 23 heavy (non-hydrogen) atoms. The van der Waals surface area contributed by atoms with E-state index >= 15 is 0 Å². The van der Waals surface area contributed by atoms with Crippen molar-refractivity contribution in [2.24, 2.45) is 0 Å². The molecule has 3 rings (SSSR count). The van der Waals surface area contributed by atoms with Gasteiger partial charge in [-0.2, -0.15) is 0 Å². The Kier molecular flexibility index (Phi) is 4.00. The molecule has 5 nitrogen and oxygen atoms in total. The lowest BCUT2D eigenvalue weighted by atomic mass is 10.0. The minimum absolute atomic E-state index is 0.114. The minimum atomic E-state index is -0.586. The Morgan fingerprint density at radius 3 is 2.57 bits per heavy atom. The van der Waals surface area contributed by atoms with Gasteiger partial charge in [-0.3, -0.25) is 9.78 Å². The summed E-state index contributed by atoms with van der Waals surface area (Å²) in [6.07, 6.45) is 0. The normalized spacial score (nSPS) is 11.3. The summed E-state index contributed by atoms with van der Waals surface area (Å²) in [5, 5.41) is 0.398. The first kappa shape index (κ1) is 15.8. The van der Waals surface area contributed by atoms with Gasteiger partial charge in [0.05, 0.1) is 10.7 Å². The highest BCUT2D eigenvalue weighted by atomic mass is 35.5. The SMILES string of the molecule is CC(C)c1ccccc1-n1c(=O)[nH]c(=O)c2c(Cl)cc(Cl)nc21. The molecule has 7 heteroatoms. The fourth-order valence-electron chi connectivity index (χ4n) is 2.56. The van der Waals surface area contributed by atoms with Crippen molar-refractivity contribution >= 4 is 34.2 Å². The van der Waals surface area contributed by atoms with Crippen molar-refractivity contribution in [3.05, 3.63) is 66.9 Å². The zero-order valence-corrected chi connectivity index (χ0v) is 13.9. The van der Waals surface area contributed by atoms with Crippen LogP contribution in [0.25, 0.3) is 16.7 Å². The van der Waals surface area contributed by atoms with Gasteiger partial charge in [0, 0.05) is 0 Å². The van der Waals surface area contributed by atoms with Crippen molar-refractivity contribution in [2.45, 2.75) is 19.8 Å². The van der Waals surface area contributed by atoms with Gasteiger partial charge in [-0.05, 0) is 23.6 Å². The van der Waals surface area contributed by atoms with Crippen LogP contribution in [-0.4, -0.2) is 14.5 Å². The summed E-state index contributed by atoms with van der Waals surface area (Å²) >= 11 is 12.1. The van der Waals surface area contributed by atoms with Crippen molar-refractivity contribution in [3.8, 4) is 5.69 Å². The van der Waals surface area contributed by atoms with Crippen molar-refractivity contribution < 1.29 is 0 Å². The molecule has 0 spiro atoms. The Balaban J connectivity index is 2.54. The molecule has 0 atom stereocenters. The number of aromatic amines is 1. The molecule has 0 saturated heterocycles. The van der Waals surface area contributed by atoms with Crippen LogP contribution in [0, 0.1) is 0 Å². The standard InChI is InChI=1S/C16H13Cl2N3O2/c1-8(2)9-5-3-4-6-11(9)21-14-13(15(22)20-16(21)23)10(17)7-12(18)19-14/h3-8H,1-2H3,(H,20,22,23). The number of hydrogen-bond donors (Lipinski definition) is 1. The smallest absolute Gasteiger partial charge is 0.273 e. The second-order valence-electron chi connectivity index (χ2n) is 5.43. The molecule has 118 valence electrons. The van der Waals surface area contributed by atoms with E-state index in [2.05, 4.69) is 9.97 Å². The zero-order chi connectivity index (χ0) is 16.7. The summed E-state index contributed by atoms with van der Waals surface area (Å²) in [4.78, 5) is 31.0. The maximum Gasteiger partial charge on any atom is 0.334 e. The molecule has 3 aromatic rings. The molecule has 0 aliphatic heterocycles. The molecular weight excluding hydrogens is 337 g/mol. The van der Waals surface area contributed by atoms with Crippen molar-refractivity contribution in [1.29, 1.82) is 0 Å². The maximum atomic E-state index is 12.4. The molecular formula is C16H13Cl2N3O2. The van der Waals surface area contributed by atoms with Crippen LogP contribution >= 0.6 is 23.2 Å². The molecule has 2 heterocycles. The highest BCUT2D eigenvalue weighted by molar-refractivity contribution is 6.37. The Bertz CT molecular complexity index is 1020. The van der Waals surface area contributed by atoms with Crippen LogP contribution in [-0.2, 0) is 0 Å². The summed E-state index contributed by atoms with van der Waals surface area (Å²) in [7, 11) is 0. The quantitative estimate of drug-likeness (QED) is 0.720. The number of aromatic nitrogens is 3. The van der Waals surface area contributed by atoms with E-state index in [1.807, 2.05) is 32.0 Å². The first-order valence-electron chi connectivity index (χ1n) is 7.00. The number of rotatable bonds is 2. The van der Waals surface area contributed by atoms with Crippen molar-refractivity contribution in [1.82, 2.24) is 14.5 Å². The third-order valence-electron chi connectivity index (χ3n) is 3.58. The number of nitrogens with zero attached hydrogens (tertiary/aromatic N) is 2. The van der Waals surface area contributed by atoms with Crippen LogP contribution in [0.4, 0.5) is 0 Å². The molecule has 0 aliphatic rings. The number of hydrogen-bond acceptors (Lipinski definition) is 3. The van der Waals surface area contributed by atoms with E-state index in [-0.39, 0.29) is 27.1 Å². The van der Waals surface area contributed by atoms with Gasteiger partial charge in [0.1, 0.15) is 10.5 Å². The summed E-state index contributed by atoms with van der Waals surface area (Å²) in [6.45, 7) is 4.04. The van der Waals surface area contributed by atoms with E-state index in [0.717, 1.165) is 5.56 Å². The Hall–Kier alpha value is -2.11. The Labute approximate surface area is 141 Å². The number of fused-ring (bicyclic) bond motifs is 1. The molecule has 0 aliphatic carbocycles. The van der Waals surface area contributed by atoms with Gasteiger partial charge >= 0.3 is 5.69 Å². The number of para-hydroxylation sites is 1. The van der Waals surface area contributed by atoms with Gasteiger partial charge in [0.15, 0.2) is 5.65 Å². The van der Waals surface area contributed by atoms with E-state index in [0.29, 0.717) is 5.69 Å². The first-order valence-corrected chi connectivity index (χ1v) is 7.76. The van der Waals surface area contributed by atoms with Crippen molar-refractivity contribution in [3.63, 3.8) is 0 Å². The van der Waals surface area contributed by atoms with Crippen LogP contribution in [0.5, 0.6) is 0 Å². The summed E-state index contributed by atoms with van der Waals surface area (Å²) in [5.41, 5.74) is 0.559. The predicted octanol–water partition coefficient (Wildman–Crippen LogP) is 3.50. The topological polar surface area (TPSA) is 67.8 Å². The van der Waals surface area contributed by atoms with Crippen LogP contribution in [0.3, 0.4) is 0 Å². The lowest BCUT2D eigenvalue weighted by Crippen LogP contribution is -2.30. The number of halogens is 2. The van der Waals surface area contributed by atoms with Gasteiger partial charge < -0.3 is 0 Å². The number of benzene rings is 1. The highest BCUT2D eigenvalue weighted by Gasteiger charge is 2.17. The minimum Gasteiger partial charge on any atom is -0.273 e. The molecule has 1 N–H and O–H groups in total. The zero-order valence-electron chi connectivity index (χ0n) is 12.4. The van der Waals surface area contributed by atoms with Crippen molar-refractivity contribution in [2.75, 3.05) is 0 Å². The Morgan fingerprint density at radius 2 is 1.87 bits per heavy atom. The number of pyridine rings is 1. The average Bonchev–Trinajstić information content (AvgIpc) is 2.46. The number of H-pyrrole nitrogens is 1. The molecule has 0 unspecified atom stereocenters. The summed E-state index contributed by atoms with van der Waals surface area (Å²) in [6, 6.07) is 8.81. The third kappa shape index (κ3) is 2.66. The molecule has 1 aromatic carbocycles. The summed E-state index contributed by atoms with van der Waals surface area (Å²) in [5.74, 6) is 0.176. The fraction of sp³-hybridized carbons (Fsp3) is 0.188. The average molecular weight is 350 g/mol. The predicted molar refractivity (Wildman–Crippen MR) is 92.1 cm³/mol. The summed E-state index contributed by atoms with van der Waals surface area (Å²) < 4.78 is 1.34. The van der Waals surface area contributed by atoms with Gasteiger partial charge in [-0.15, -0.1) is 0 Å². The van der Waals surface area contributed by atoms with Gasteiger partial charge in [-0.25, -0.2) is 14.3 Å². The third-order valence-corrected chi connectivity index (χ3v) is 4.07. The van der Waals surface area contributed by atoms with E-state index in [1.165, 1.54) is 10.6 Å². The van der Waals surface area contributed by atoms with Crippen LogP contribution in [0.15, 0.2) is 39.9 Å². The lowest BCUT2D eigenvalue weighted by molar-refractivity contribution is 0.831. The van der Waals surface area contributed by atoms with Gasteiger partial charge in [-0.1, -0.05) is 55.2 Å². The van der Waals surface area contributed by atoms with E-state index in [9.17, 15) is 9.59 Å². The molecule has 0 amide bonds. The van der Waals surface area contributed by atoms with Gasteiger partial charge in [0.25, 0.3) is 5.56 Å². The molecule has 0 radical (unpaired) electrons. The van der Waals surface area contributed by atoms with Gasteiger partial charge in [0.2, 0.25) is 0 Å². The molecule has 0 fully saturated rings. The van der Waals surface area contributed by atoms with E-state index in [4.69, 9.17) is 23.2 Å². The largest absolute Gasteiger partial charge is 0.334 e. The molecule has 0 saturated carbocycles. The molecule has 2 aromatic heterocycles. The first-order chi connectivity index (χ1) is 10.9. The van der Waals surface area contributed by atoms with Crippen LogP contribution in [0.2, 0.25) is 10.2 Å². The second kappa shape index (κ2) is 5.83. The number of nitrogens with one attached hydrogen (secondary N) is 1. The van der Waals surface area contributed by atoms with E-state index < -0.39 is 11.2 Å². The van der Waals surface area contributed by atoms with Crippen LogP contribution in [0.1, 0.15) is 25.3 Å². The van der Waals surface area contributed by atoms with Crippen LogP contribution < -0.4 is 11.2 Å². The second-order valence-corrected chi connectivity index (χ2v) is 6.23.